The molecule has 0 heterocycles. The van der Waals surface area contributed by atoms with Crippen molar-refractivity contribution in [3.8, 4) is 22.3 Å². The van der Waals surface area contributed by atoms with E-state index < -0.39 is 17.1 Å². The molecule has 0 aromatic heterocycles. The maximum atomic E-state index is 7.94. The van der Waals surface area contributed by atoms with E-state index in [9.17, 15) is 0 Å². The van der Waals surface area contributed by atoms with E-state index in [0.717, 1.165) is 0 Å². The molecule has 0 radical (unpaired) electrons. The number of rotatable bonds is 4. The number of hydrogen-bond donors (Lipinski definition) is 0. The van der Waals surface area contributed by atoms with Crippen LogP contribution in [0.2, 0.25) is 13.1 Å². The molecule has 0 aliphatic heterocycles. The number of benzene rings is 4. The summed E-state index contributed by atoms with van der Waals surface area (Å²) in [5, 5.41) is 0. The van der Waals surface area contributed by atoms with Gasteiger partial charge in [-0.3, -0.25) is 0 Å². The second-order valence-electron chi connectivity index (χ2n) is 10.9. The van der Waals surface area contributed by atoms with Gasteiger partial charge in [-0.05, 0) is 58.4 Å². The molecule has 37 heavy (non-hydrogen) atoms. The van der Waals surface area contributed by atoms with Crippen molar-refractivity contribution in [1.82, 2.24) is 0 Å². The third-order valence-corrected chi connectivity index (χ3v) is 17.3. The third kappa shape index (κ3) is 3.27. The van der Waals surface area contributed by atoms with Crippen LogP contribution in [0.4, 0.5) is 0 Å². The van der Waals surface area contributed by atoms with Gasteiger partial charge in [0.2, 0.25) is 0 Å². The maximum absolute atomic E-state index is 7.94. The molecule has 0 fully saturated rings. The summed E-state index contributed by atoms with van der Waals surface area (Å²) in [4.78, 5) is 0. The molecular weight excluding hydrogens is 507 g/mol. The van der Waals surface area contributed by atoms with Crippen LogP contribution in [0.5, 0.6) is 0 Å². The van der Waals surface area contributed by atoms with Gasteiger partial charge in [0.25, 0.3) is 0 Å². The Labute approximate surface area is 231 Å². The van der Waals surface area contributed by atoms with Crippen LogP contribution in [0.3, 0.4) is 0 Å². The van der Waals surface area contributed by atoms with Crippen LogP contribution in [0.1, 0.15) is 36.1 Å². The molecule has 4 aromatic rings. The lowest BCUT2D eigenvalue weighted by Crippen LogP contribution is -2.60. The minimum atomic E-state index is -2.57. The average Bonchev–Trinajstić information content (AvgIpc) is 3.35. The summed E-state index contributed by atoms with van der Waals surface area (Å²) in [6.45, 7) is 9.12. The minimum absolute atomic E-state index is 0.645. The Kier molecular flexibility index (Phi) is 5.69. The fourth-order valence-electron chi connectivity index (χ4n) is 6.73. The summed E-state index contributed by atoms with van der Waals surface area (Å²) in [5.74, 6) is 0. The van der Waals surface area contributed by atoms with Crippen molar-refractivity contribution >= 4 is 43.4 Å². The highest BCUT2D eigenvalue weighted by molar-refractivity contribution is 6.95. The predicted molar refractivity (Wildman–Crippen MR) is 164 cm³/mol. The summed E-state index contributed by atoms with van der Waals surface area (Å²) in [7, 11) is -2.57. The molecule has 0 amide bonds. The van der Waals surface area contributed by atoms with Crippen molar-refractivity contribution in [1.29, 1.82) is 0 Å². The normalized spacial score (nSPS) is 22.3. The first-order valence-electron chi connectivity index (χ1n) is 12.8. The predicted octanol–water partition coefficient (Wildman–Crippen LogP) is 10.2. The largest absolute Gasteiger partial charge is 0.117 e. The summed E-state index contributed by atoms with van der Waals surface area (Å²) >= 11 is 15.9. The molecule has 2 aliphatic carbocycles. The van der Waals surface area contributed by atoms with Crippen LogP contribution in [0, 0.1) is 0 Å². The fraction of sp³-hybridized carbons (Fsp3) is 0.176. The Bertz CT molecular complexity index is 1460. The summed E-state index contributed by atoms with van der Waals surface area (Å²) in [6, 6.07) is 34.3. The first-order valence-corrected chi connectivity index (χ1v) is 16.6. The number of halogens is 2. The molecule has 0 N–H and O–H groups in total. The van der Waals surface area contributed by atoms with E-state index >= 15 is 0 Å². The average molecular weight is 538 g/mol. The van der Waals surface area contributed by atoms with Crippen LogP contribution < -0.4 is 0 Å². The van der Waals surface area contributed by atoms with Gasteiger partial charge >= 0.3 is 0 Å². The molecule has 0 saturated heterocycles. The molecule has 2 unspecified atom stereocenters. The fourth-order valence-corrected chi connectivity index (χ4v) is 12.5. The summed E-state index contributed by atoms with van der Waals surface area (Å²) in [5.41, 5.74) is 12.0. The first-order chi connectivity index (χ1) is 17.7. The Hall–Kier alpha value is -2.84. The van der Waals surface area contributed by atoms with Crippen molar-refractivity contribution in [3.63, 3.8) is 0 Å². The van der Waals surface area contributed by atoms with Crippen molar-refractivity contribution in [2.24, 2.45) is 0 Å². The van der Waals surface area contributed by atoms with Gasteiger partial charge in [-0.2, -0.15) is 0 Å². The van der Waals surface area contributed by atoms with Crippen molar-refractivity contribution in [2.45, 2.75) is 35.9 Å². The van der Waals surface area contributed by atoms with Crippen LogP contribution in [-0.4, -0.2) is 8.07 Å². The lowest BCUT2D eigenvalue weighted by Gasteiger charge is -2.50. The summed E-state index contributed by atoms with van der Waals surface area (Å²) < 4.78 is -1.29. The number of alkyl halides is 2. The van der Waals surface area contributed by atoms with E-state index in [2.05, 4.69) is 136 Å². The van der Waals surface area contributed by atoms with Crippen LogP contribution >= 0.6 is 23.2 Å². The topological polar surface area (TPSA) is 0 Å². The van der Waals surface area contributed by atoms with Crippen molar-refractivity contribution < 1.29 is 0 Å². The highest BCUT2D eigenvalue weighted by Gasteiger charge is 2.64. The van der Waals surface area contributed by atoms with Gasteiger partial charge in [0, 0.05) is 0 Å². The highest BCUT2D eigenvalue weighted by Crippen LogP contribution is 2.63. The van der Waals surface area contributed by atoms with Crippen LogP contribution in [0.25, 0.3) is 34.4 Å². The maximum Gasteiger partial charge on any atom is 0.117 e. The van der Waals surface area contributed by atoms with Gasteiger partial charge in [0.05, 0.1) is 8.99 Å². The number of allylic oxidation sites excluding steroid dienone is 2. The molecule has 0 saturated carbocycles. The molecule has 0 bridgehead atoms. The van der Waals surface area contributed by atoms with E-state index in [1.807, 2.05) is 0 Å². The van der Waals surface area contributed by atoms with Gasteiger partial charge < -0.3 is 0 Å². The van der Waals surface area contributed by atoms with Crippen molar-refractivity contribution in [2.75, 3.05) is 0 Å². The Morgan fingerprint density at radius 3 is 1.27 bits per heavy atom. The van der Waals surface area contributed by atoms with E-state index in [0.29, 0.717) is 0 Å². The first kappa shape index (κ1) is 24.5. The molecule has 2 aliphatic rings. The van der Waals surface area contributed by atoms with Crippen LogP contribution in [0.15, 0.2) is 108 Å². The minimum Gasteiger partial charge on any atom is -0.113 e. The van der Waals surface area contributed by atoms with Gasteiger partial charge in [-0.25, -0.2) is 0 Å². The molecule has 3 heteroatoms. The highest BCUT2D eigenvalue weighted by atomic mass is 35.5. The smallest absolute Gasteiger partial charge is 0.113 e. The van der Waals surface area contributed by atoms with Crippen molar-refractivity contribution in [3.05, 3.63) is 130 Å². The second kappa shape index (κ2) is 8.60. The summed E-state index contributed by atoms with van der Waals surface area (Å²) in [6.07, 6.45) is 4.60. The lowest BCUT2D eigenvalue weighted by atomic mass is 9.97. The van der Waals surface area contributed by atoms with Gasteiger partial charge in [-0.15, -0.1) is 23.2 Å². The Balaban J connectivity index is 1.54. The molecule has 6 rings (SSSR count). The number of fused-ring (bicyclic) bond motifs is 2. The quantitative estimate of drug-likeness (QED) is 0.179. The lowest BCUT2D eigenvalue weighted by molar-refractivity contribution is 0.863. The monoisotopic (exact) mass is 536 g/mol. The molecule has 184 valence electrons. The molecule has 4 aromatic carbocycles. The third-order valence-electron chi connectivity index (χ3n) is 8.66. The zero-order chi connectivity index (χ0) is 26.0. The van der Waals surface area contributed by atoms with Gasteiger partial charge in [0.15, 0.2) is 0 Å². The van der Waals surface area contributed by atoms with E-state index in [-0.39, 0.29) is 0 Å². The second-order valence-corrected chi connectivity index (χ2v) is 17.4. The van der Waals surface area contributed by atoms with E-state index in [4.69, 9.17) is 23.2 Å². The van der Waals surface area contributed by atoms with E-state index in [1.165, 1.54) is 55.7 Å². The molecule has 2 atom stereocenters. The van der Waals surface area contributed by atoms with Gasteiger partial charge in [-0.1, -0.05) is 133 Å². The zero-order valence-corrected chi connectivity index (χ0v) is 24.2. The zero-order valence-electron chi connectivity index (χ0n) is 21.6. The number of hydrogen-bond acceptors (Lipinski definition) is 0. The van der Waals surface area contributed by atoms with E-state index in [1.54, 1.807) is 0 Å². The Morgan fingerprint density at radius 2 is 0.892 bits per heavy atom. The SMILES string of the molecule is CC1=Cc2c(-c3ccccc3)cccc2C1(Cl)[Si](C)(C)C1(Cl)C(C)=Cc2c(-c3ccccc3)cccc21. The van der Waals surface area contributed by atoms with Crippen LogP contribution in [-0.2, 0) is 8.99 Å². The molecule has 0 nitrogen and oxygen atoms in total. The molecular formula is C34H30Cl2Si. The standard InChI is InChI=1S/C34H30Cl2Si/c1-23-21-29-27(25-13-7-5-8-14-25)17-11-19-31(29)33(23,35)37(3,4)34(36)24(2)22-30-28(18-12-20-32(30)34)26-15-9-6-10-16-26/h5-22H,1-4H3. The Morgan fingerprint density at radius 1 is 0.514 bits per heavy atom. The van der Waals surface area contributed by atoms with Gasteiger partial charge in [0.1, 0.15) is 8.07 Å². The molecule has 0 spiro atoms.